The van der Waals surface area contributed by atoms with Crippen molar-refractivity contribution < 1.29 is 19.4 Å². The third-order valence-corrected chi connectivity index (χ3v) is 8.26. The van der Waals surface area contributed by atoms with Crippen LogP contribution in [0.1, 0.15) is 5.56 Å². The van der Waals surface area contributed by atoms with E-state index in [9.17, 15) is 9.59 Å². The second-order valence-corrected chi connectivity index (χ2v) is 7.37. The molecule has 0 aliphatic carbocycles. The number of rotatable bonds is 4. The molecule has 0 radical (unpaired) electrons. The minimum absolute atomic E-state index is 0.149. The van der Waals surface area contributed by atoms with Gasteiger partial charge in [0.05, 0.1) is 0 Å². The summed E-state index contributed by atoms with van der Waals surface area (Å²) >= 11 is 17.2. The van der Waals surface area contributed by atoms with Gasteiger partial charge in [-0.15, -0.1) is 0 Å². The lowest BCUT2D eigenvalue weighted by molar-refractivity contribution is -0.139. The zero-order valence-corrected chi connectivity index (χ0v) is 18.8. The quantitative estimate of drug-likeness (QED) is 0.193. The predicted molar refractivity (Wildman–Crippen MR) is 103 cm³/mol. The number of hydrogen-bond acceptors (Lipinski definition) is 3. The van der Waals surface area contributed by atoms with E-state index in [-0.39, 0.29) is 6.61 Å². The van der Waals surface area contributed by atoms with Gasteiger partial charge in [-0.2, -0.15) is 0 Å². The average Bonchev–Trinajstić information content (AvgIpc) is 2.51. The molecular weight excluding hydrogens is 620 g/mol. The molecule has 0 fully saturated rings. The Bertz CT molecular complexity index is 584. The van der Waals surface area contributed by atoms with Gasteiger partial charge in [-0.1, -0.05) is 13.2 Å². The van der Waals surface area contributed by atoms with E-state index in [1.165, 1.54) is 0 Å². The molecule has 0 aromatic heterocycles. The maximum Gasteiger partial charge on any atom is 0.330 e. The van der Waals surface area contributed by atoms with Gasteiger partial charge in [0.2, 0.25) is 0 Å². The van der Waals surface area contributed by atoms with E-state index in [0.717, 1.165) is 40.1 Å². The minimum Gasteiger partial charge on any atom is -0.478 e. The van der Waals surface area contributed by atoms with Crippen LogP contribution in [0.5, 0.6) is 0 Å². The monoisotopic (exact) mass is 624 g/mol. The summed E-state index contributed by atoms with van der Waals surface area (Å²) in [6, 6.07) is 0. The highest BCUT2D eigenvalue weighted by Gasteiger charge is 2.18. The van der Waals surface area contributed by atoms with Crippen molar-refractivity contribution in [2.75, 3.05) is 0 Å². The lowest BCUT2D eigenvalue weighted by atomic mass is 10.2. The normalized spacial score (nSPS) is 9.32. The van der Waals surface area contributed by atoms with E-state index in [1.807, 2.05) is 0 Å². The van der Waals surface area contributed by atoms with Crippen molar-refractivity contribution in [2.45, 2.75) is 6.61 Å². The number of halogens is 5. The maximum atomic E-state index is 11.0. The molecule has 0 heterocycles. The van der Waals surface area contributed by atoms with Gasteiger partial charge in [-0.05, 0) is 79.6 Å². The van der Waals surface area contributed by atoms with Crippen LogP contribution in [0.15, 0.2) is 47.7 Å². The molecule has 0 bridgehead atoms. The first-order chi connectivity index (χ1) is 10.2. The summed E-state index contributed by atoms with van der Waals surface area (Å²) < 4.78 is 9.21. The second kappa shape index (κ2) is 10.7. The topological polar surface area (TPSA) is 63.6 Å². The van der Waals surface area contributed by atoms with E-state index in [4.69, 9.17) is 9.84 Å². The summed E-state index contributed by atoms with van der Waals surface area (Å²) in [4.78, 5) is 20.3. The summed E-state index contributed by atoms with van der Waals surface area (Å²) in [5.41, 5.74) is 0.821. The molecule has 1 aromatic carbocycles. The standard InChI is InChI=1S/C10H5Br5O2.C3H4O2/c1-2-5(16)17-3-4-6(11)8(13)10(15)9(14)7(4)12;1-2-3(4)5/h2H,1,3H2;2H,1H2,(H,4,5). The Balaban J connectivity index is 0.000000763. The first-order valence-electron chi connectivity index (χ1n) is 5.32. The molecule has 0 aliphatic rings. The molecular formula is C13H9Br5O4. The van der Waals surface area contributed by atoms with E-state index >= 15 is 0 Å². The minimum atomic E-state index is -0.981. The van der Waals surface area contributed by atoms with Crippen LogP contribution in [0.4, 0.5) is 0 Å². The van der Waals surface area contributed by atoms with Gasteiger partial charge in [0.1, 0.15) is 6.61 Å². The fraction of sp³-hybridized carbons (Fsp3) is 0.0769. The van der Waals surface area contributed by atoms with Gasteiger partial charge >= 0.3 is 11.9 Å². The number of esters is 1. The molecule has 0 unspecified atom stereocenters. The van der Waals surface area contributed by atoms with Gasteiger partial charge in [-0.25, -0.2) is 9.59 Å². The third kappa shape index (κ3) is 6.66. The molecule has 0 atom stereocenters. The van der Waals surface area contributed by atoms with Crippen molar-refractivity contribution in [3.05, 3.63) is 53.2 Å². The van der Waals surface area contributed by atoms with Gasteiger partial charge < -0.3 is 9.84 Å². The number of carbonyl (C=O) groups excluding carboxylic acids is 1. The van der Waals surface area contributed by atoms with Crippen molar-refractivity contribution in [3.63, 3.8) is 0 Å². The van der Waals surface area contributed by atoms with Crippen LogP contribution in [-0.2, 0) is 20.9 Å². The van der Waals surface area contributed by atoms with Crippen LogP contribution >= 0.6 is 79.6 Å². The largest absolute Gasteiger partial charge is 0.478 e. The Morgan fingerprint density at radius 2 is 1.27 bits per heavy atom. The van der Waals surface area contributed by atoms with Gasteiger partial charge in [0.15, 0.2) is 0 Å². The Morgan fingerprint density at radius 1 is 0.909 bits per heavy atom. The molecule has 120 valence electrons. The number of hydrogen-bond donors (Lipinski definition) is 1. The number of ether oxygens (including phenoxy) is 1. The highest BCUT2D eigenvalue weighted by atomic mass is 79.9. The van der Waals surface area contributed by atoms with Crippen LogP contribution in [-0.4, -0.2) is 17.0 Å². The molecule has 1 N–H and O–H groups in total. The molecule has 0 saturated carbocycles. The molecule has 0 spiro atoms. The van der Waals surface area contributed by atoms with Crippen molar-refractivity contribution >= 4 is 91.6 Å². The van der Waals surface area contributed by atoms with Gasteiger partial charge in [0, 0.05) is 40.1 Å². The molecule has 0 aliphatic heterocycles. The lowest BCUT2D eigenvalue weighted by Gasteiger charge is -2.13. The number of benzene rings is 1. The Kier molecular flexibility index (Phi) is 10.8. The molecule has 1 aromatic rings. The average molecular weight is 629 g/mol. The fourth-order valence-electron chi connectivity index (χ4n) is 0.979. The summed E-state index contributed by atoms with van der Waals surface area (Å²) in [7, 11) is 0. The smallest absolute Gasteiger partial charge is 0.330 e. The zero-order valence-electron chi connectivity index (χ0n) is 10.8. The van der Waals surface area contributed by atoms with Crippen molar-refractivity contribution in [1.29, 1.82) is 0 Å². The third-order valence-electron chi connectivity index (χ3n) is 2.00. The van der Waals surface area contributed by atoms with E-state index in [0.29, 0.717) is 0 Å². The van der Waals surface area contributed by atoms with Crippen LogP contribution in [0.25, 0.3) is 0 Å². The Labute approximate surface area is 169 Å². The SMILES string of the molecule is C=CC(=O)O.C=CC(=O)OCc1c(Br)c(Br)c(Br)c(Br)c1Br. The molecule has 1 rings (SSSR count). The molecule has 4 nitrogen and oxygen atoms in total. The van der Waals surface area contributed by atoms with E-state index < -0.39 is 11.9 Å². The van der Waals surface area contributed by atoms with Crippen molar-refractivity contribution in [1.82, 2.24) is 0 Å². The highest BCUT2D eigenvalue weighted by molar-refractivity contribution is 9.15. The molecule has 0 amide bonds. The summed E-state index contributed by atoms with van der Waals surface area (Å²) in [6.07, 6.45) is 1.96. The summed E-state index contributed by atoms with van der Waals surface area (Å²) in [5, 5.41) is 7.60. The zero-order chi connectivity index (χ0) is 17.4. The van der Waals surface area contributed by atoms with Crippen LogP contribution in [0.2, 0.25) is 0 Å². The molecule has 0 saturated heterocycles. The lowest BCUT2D eigenvalue weighted by Crippen LogP contribution is -2.02. The maximum absolute atomic E-state index is 11.0. The van der Waals surface area contributed by atoms with Gasteiger partial charge in [-0.3, -0.25) is 0 Å². The van der Waals surface area contributed by atoms with E-state index in [2.05, 4.69) is 92.8 Å². The van der Waals surface area contributed by atoms with Crippen LogP contribution in [0, 0.1) is 0 Å². The second-order valence-electron chi connectivity index (χ2n) is 3.40. The van der Waals surface area contributed by atoms with Crippen molar-refractivity contribution in [2.24, 2.45) is 0 Å². The Hall–Kier alpha value is 0.0400. The number of aliphatic carboxylic acids is 1. The molecule has 22 heavy (non-hydrogen) atoms. The van der Waals surface area contributed by atoms with Gasteiger partial charge in [0.25, 0.3) is 0 Å². The summed E-state index contributed by atoms with van der Waals surface area (Å²) in [5.74, 6) is -1.44. The van der Waals surface area contributed by atoms with Crippen LogP contribution in [0.3, 0.4) is 0 Å². The number of carboxylic acid groups (broad SMARTS) is 1. The van der Waals surface area contributed by atoms with E-state index in [1.54, 1.807) is 0 Å². The van der Waals surface area contributed by atoms with Crippen LogP contribution < -0.4 is 0 Å². The Morgan fingerprint density at radius 3 is 1.59 bits per heavy atom. The fourth-order valence-corrected chi connectivity index (χ4v) is 4.34. The first-order valence-corrected chi connectivity index (χ1v) is 9.28. The van der Waals surface area contributed by atoms with Crippen molar-refractivity contribution in [3.8, 4) is 0 Å². The summed E-state index contributed by atoms with van der Waals surface area (Å²) in [6.45, 7) is 6.45. The first kappa shape index (κ1) is 22.0. The number of carbonyl (C=O) groups is 2. The molecule has 9 heteroatoms. The highest BCUT2D eigenvalue weighted by Crippen LogP contribution is 2.44. The predicted octanol–water partition coefficient (Wildman–Crippen LogP) is 5.99. The number of carboxylic acids is 1.